The quantitative estimate of drug-likeness (QED) is 0.532. The number of unbranched alkanes of at least 4 members (excludes halogenated alkanes) is 1. The average Bonchev–Trinajstić information content (AvgIpc) is 3.33. The lowest BCUT2D eigenvalue weighted by molar-refractivity contribution is -0.127. The molecule has 0 N–H and O–H groups in total. The van der Waals surface area contributed by atoms with Crippen LogP contribution in [0.4, 0.5) is 0 Å². The summed E-state index contributed by atoms with van der Waals surface area (Å²) in [6.07, 6.45) is 2.66. The fourth-order valence-corrected chi connectivity index (χ4v) is 4.14. The number of hydrogen-bond donors (Lipinski definition) is 0. The Hall–Kier alpha value is -3.02. The van der Waals surface area contributed by atoms with Crippen molar-refractivity contribution in [3.63, 3.8) is 0 Å². The number of imidazole rings is 1. The summed E-state index contributed by atoms with van der Waals surface area (Å²) in [5.41, 5.74) is 2.04. The summed E-state index contributed by atoms with van der Waals surface area (Å²) in [5, 5.41) is 0. The van der Waals surface area contributed by atoms with E-state index in [1.165, 1.54) is 0 Å². The molecule has 1 amide bonds. The van der Waals surface area contributed by atoms with Crippen molar-refractivity contribution in [3.05, 3.63) is 54.4 Å². The molecule has 0 bridgehead atoms. The van der Waals surface area contributed by atoms with Crippen LogP contribution < -0.4 is 9.47 Å². The van der Waals surface area contributed by atoms with Gasteiger partial charge in [0, 0.05) is 25.4 Å². The highest BCUT2D eigenvalue weighted by atomic mass is 16.5. The van der Waals surface area contributed by atoms with E-state index in [-0.39, 0.29) is 11.8 Å². The number of fused-ring (bicyclic) bond motifs is 1. The molecule has 0 unspecified atom stereocenters. The molecule has 2 heterocycles. The first-order valence-electron chi connectivity index (χ1n) is 10.7. The van der Waals surface area contributed by atoms with Crippen molar-refractivity contribution in [2.45, 2.75) is 38.6 Å². The van der Waals surface area contributed by atoms with Gasteiger partial charge in [-0.05, 0) is 30.7 Å². The number of carbonyl (C=O) groups excluding carboxylic acids is 1. The number of nitrogens with zero attached hydrogens (tertiary/aromatic N) is 3. The number of aromatic nitrogens is 2. The molecule has 1 aliphatic rings. The van der Waals surface area contributed by atoms with Crippen LogP contribution in [0.25, 0.3) is 11.0 Å². The second-order valence-electron chi connectivity index (χ2n) is 7.70. The minimum absolute atomic E-state index is 0.119. The van der Waals surface area contributed by atoms with Crippen molar-refractivity contribution in [1.29, 1.82) is 0 Å². The van der Waals surface area contributed by atoms with Crippen LogP contribution in [-0.4, -0.2) is 47.2 Å². The van der Waals surface area contributed by atoms with Gasteiger partial charge < -0.3 is 18.9 Å². The summed E-state index contributed by atoms with van der Waals surface area (Å²) in [4.78, 5) is 19.4. The van der Waals surface area contributed by atoms with Gasteiger partial charge in [-0.2, -0.15) is 0 Å². The summed E-state index contributed by atoms with van der Waals surface area (Å²) in [7, 11) is 1.64. The molecule has 0 radical (unpaired) electrons. The molecule has 0 spiro atoms. The normalized spacial score (nSPS) is 16.4. The topological polar surface area (TPSA) is 56.6 Å². The molecule has 6 nitrogen and oxygen atoms in total. The van der Waals surface area contributed by atoms with Gasteiger partial charge in [-0.1, -0.05) is 37.6 Å². The van der Waals surface area contributed by atoms with Crippen molar-refractivity contribution in [2.75, 3.05) is 26.8 Å². The van der Waals surface area contributed by atoms with Crippen LogP contribution in [0, 0.1) is 0 Å². The molecule has 1 aliphatic heterocycles. The lowest BCUT2D eigenvalue weighted by Crippen LogP contribution is -2.26. The van der Waals surface area contributed by atoms with Crippen LogP contribution in [0.15, 0.2) is 48.5 Å². The Balaban J connectivity index is 1.54. The number of likely N-dealkylation sites (tertiary alicyclic amines) is 1. The van der Waals surface area contributed by atoms with E-state index in [1.807, 2.05) is 47.4 Å². The summed E-state index contributed by atoms with van der Waals surface area (Å²) in [6.45, 7) is 4.89. The predicted octanol–water partition coefficient (Wildman–Crippen LogP) is 4.24. The van der Waals surface area contributed by atoms with E-state index >= 15 is 0 Å². The average molecular weight is 408 g/mol. The number of amides is 1. The van der Waals surface area contributed by atoms with Gasteiger partial charge >= 0.3 is 0 Å². The molecule has 158 valence electrons. The Labute approximate surface area is 177 Å². The molecule has 2 aromatic carbocycles. The maximum Gasteiger partial charge on any atom is 0.223 e. The summed E-state index contributed by atoms with van der Waals surface area (Å²) in [5.74, 6) is 2.78. The van der Waals surface area contributed by atoms with Gasteiger partial charge in [0.05, 0.1) is 24.7 Å². The molecule has 3 aromatic rings. The van der Waals surface area contributed by atoms with E-state index < -0.39 is 0 Å². The van der Waals surface area contributed by atoms with Gasteiger partial charge in [-0.15, -0.1) is 0 Å². The Bertz CT molecular complexity index is 1010. The Kier molecular flexibility index (Phi) is 6.21. The van der Waals surface area contributed by atoms with E-state index in [0.717, 1.165) is 54.3 Å². The van der Waals surface area contributed by atoms with Gasteiger partial charge in [0.2, 0.25) is 5.91 Å². The van der Waals surface area contributed by atoms with Crippen LogP contribution in [0.2, 0.25) is 0 Å². The third-order valence-electron chi connectivity index (χ3n) is 5.69. The molecule has 6 heteroatoms. The molecule has 0 saturated carbocycles. The minimum atomic E-state index is 0.119. The number of benzene rings is 2. The molecule has 1 fully saturated rings. The minimum Gasteiger partial charge on any atom is -0.493 e. The highest BCUT2D eigenvalue weighted by Crippen LogP contribution is 2.31. The van der Waals surface area contributed by atoms with E-state index in [0.29, 0.717) is 19.6 Å². The van der Waals surface area contributed by atoms with Gasteiger partial charge in [0.25, 0.3) is 0 Å². The third-order valence-corrected chi connectivity index (χ3v) is 5.69. The van der Waals surface area contributed by atoms with E-state index in [9.17, 15) is 4.79 Å². The van der Waals surface area contributed by atoms with Gasteiger partial charge in [0.1, 0.15) is 12.4 Å². The molecular formula is C24H29N3O3. The van der Waals surface area contributed by atoms with Gasteiger partial charge in [-0.3, -0.25) is 4.79 Å². The lowest BCUT2D eigenvalue weighted by atomic mass is 10.1. The molecule has 1 atom stereocenters. The number of methoxy groups -OCH3 is 1. The van der Waals surface area contributed by atoms with Crippen LogP contribution in [0.3, 0.4) is 0 Å². The van der Waals surface area contributed by atoms with Crippen LogP contribution in [0.1, 0.15) is 37.9 Å². The SMILES string of the molecule is CCCCN1C[C@@H](c2nc3ccccc3n2CCOc2ccccc2OC)CC1=O. The third kappa shape index (κ3) is 4.13. The fraction of sp³-hybridized carbons (Fsp3) is 0.417. The van der Waals surface area contributed by atoms with E-state index in [1.54, 1.807) is 7.11 Å². The number of ether oxygens (including phenoxy) is 2. The molecule has 1 saturated heterocycles. The molecule has 30 heavy (non-hydrogen) atoms. The van der Waals surface area contributed by atoms with Gasteiger partial charge in [-0.25, -0.2) is 4.98 Å². The van der Waals surface area contributed by atoms with E-state index in [2.05, 4.69) is 17.6 Å². The van der Waals surface area contributed by atoms with Crippen LogP contribution in [-0.2, 0) is 11.3 Å². The number of carbonyl (C=O) groups is 1. The maximum atomic E-state index is 12.5. The second-order valence-corrected chi connectivity index (χ2v) is 7.70. The first-order valence-corrected chi connectivity index (χ1v) is 10.7. The van der Waals surface area contributed by atoms with Crippen molar-refractivity contribution in [3.8, 4) is 11.5 Å². The summed E-state index contributed by atoms with van der Waals surface area (Å²) >= 11 is 0. The second kappa shape index (κ2) is 9.20. The Morgan fingerprint density at radius 1 is 1.07 bits per heavy atom. The molecule has 4 rings (SSSR count). The van der Waals surface area contributed by atoms with Crippen molar-refractivity contribution < 1.29 is 14.3 Å². The zero-order valence-corrected chi connectivity index (χ0v) is 17.7. The summed E-state index contributed by atoms with van der Waals surface area (Å²) in [6, 6.07) is 15.8. The van der Waals surface area contributed by atoms with Crippen LogP contribution >= 0.6 is 0 Å². The highest BCUT2D eigenvalue weighted by Gasteiger charge is 2.33. The van der Waals surface area contributed by atoms with Crippen molar-refractivity contribution in [2.24, 2.45) is 0 Å². The van der Waals surface area contributed by atoms with Crippen molar-refractivity contribution in [1.82, 2.24) is 14.5 Å². The first kappa shape index (κ1) is 20.3. The lowest BCUT2D eigenvalue weighted by Gasteiger charge is -2.17. The summed E-state index contributed by atoms with van der Waals surface area (Å²) < 4.78 is 13.6. The number of hydrogen-bond acceptors (Lipinski definition) is 4. The number of rotatable bonds is 9. The monoisotopic (exact) mass is 407 g/mol. The zero-order chi connectivity index (χ0) is 20.9. The molecule has 1 aromatic heterocycles. The smallest absolute Gasteiger partial charge is 0.223 e. The first-order chi connectivity index (χ1) is 14.7. The van der Waals surface area contributed by atoms with Crippen LogP contribution in [0.5, 0.6) is 11.5 Å². The highest BCUT2D eigenvalue weighted by molar-refractivity contribution is 5.80. The Morgan fingerprint density at radius 2 is 1.83 bits per heavy atom. The largest absolute Gasteiger partial charge is 0.493 e. The number of para-hydroxylation sites is 4. The molecule has 0 aliphatic carbocycles. The zero-order valence-electron chi connectivity index (χ0n) is 17.7. The standard InChI is InChI=1S/C24H29N3O3/c1-3-4-13-26-17-18(16-23(26)28)24-25-19-9-5-6-10-20(19)27(24)14-15-30-22-12-8-7-11-21(22)29-2/h5-12,18H,3-4,13-17H2,1-2H3/t18-/m0/s1. The fourth-order valence-electron chi connectivity index (χ4n) is 4.14. The maximum absolute atomic E-state index is 12.5. The van der Waals surface area contributed by atoms with Gasteiger partial charge in [0.15, 0.2) is 11.5 Å². The van der Waals surface area contributed by atoms with Crippen molar-refractivity contribution >= 4 is 16.9 Å². The molecular weight excluding hydrogens is 378 g/mol. The van der Waals surface area contributed by atoms with E-state index in [4.69, 9.17) is 14.5 Å². The predicted molar refractivity (Wildman–Crippen MR) is 117 cm³/mol. The Morgan fingerprint density at radius 3 is 2.63 bits per heavy atom.